The van der Waals surface area contributed by atoms with E-state index in [-0.39, 0.29) is 5.91 Å². The molecule has 0 saturated heterocycles. The van der Waals surface area contributed by atoms with E-state index in [0.717, 1.165) is 29.7 Å². The van der Waals surface area contributed by atoms with E-state index in [1.54, 1.807) is 23.4 Å². The van der Waals surface area contributed by atoms with Crippen LogP contribution in [0.3, 0.4) is 0 Å². The quantitative estimate of drug-likeness (QED) is 0.503. The number of rotatable bonds is 4. The molecular weight excluding hydrogens is 416 g/mol. The number of fused-ring (bicyclic) bond motifs is 2. The van der Waals surface area contributed by atoms with Crippen LogP contribution >= 0.6 is 0 Å². The van der Waals surface area contributed by atoms with Crippen LogP contribution in [0.25, 0.3) is 11.3 Å². The Balaban J connectivity index is 1.12. The zero-order chi connectivity index (χ0) is 22.2. The van der Waals surface area contributed by atoms with Crippen LogP contribution in [0, 0.1) is 0 Å². The molecule has 0 unspecified atom stereocenters. The molecule has 0 atom stereocenters. The van der Waals surface area contributed by atoms with Gasteiger partial charge in [-0.2, -0.15) is 15.4 Å². The van der Waals surface area contributed by atoms with Crippen molar-refractivity contribution in [3.05, 3.63) is 83.1 Å². The van der Waals surface area contributed by atoms with Gasteiger partial charge in [0.15, 0.2) is 0 Å². The van der Waals surface area contributed by atoms with Crippen molar-refractivity contribution < 1.29 is 4.79 Å². The molecule has 9 heteroatoms. The number of amides is 1. The minimum absolute atomic E-state index is 0.0988. The summed E-state index contributed by atoms with van der Waals surface area (Å²) in [5.41, 5.74) is 6.68. The normalized spacial score (nSPS) is 15.2. The van der Waals surface area contributed by atoms with Crippen LogP contribution in [-0.4, -0.2) is 53.8 Å². The lowest BCUT2D eigenvalue weighted by molar-refractivity contribution is 0.0727. The number of aromatic amines is 1. The Morgan fingerprint density at radius 2 is 1.85 bits per heavy atom. The molecule has 164 valence electrons. The van der Waals surface area contributed by atoms with Crippen molar-refractivity contribution in [2.45, 2.75) is 31.8 Å². The molecule has 0 spiro atoms. The Kier molecular flexibility index (Phi) is 4.79. The number of hydrogen-bond donors (Lipinski definition) is 2. The molecule has 0 bridgehead atoms. The molecule has 4 heterocycles. The highest BCUT2D eigenvalue weighted by Crippen LogP contribution is 2.25. The summed E-state index contributed by atoms with van der Waals surface area (Å²) in [6, 6.07) is 12.4. The molecule has 6 rings (SSSR count). The second kappa shape index (κ2) is 8.09. The topological polar surface area (TPSA) is 113 Å². The van der Waals surface area contributed by atoms with Crippen molar-refractivity contribution in [1.82, 2.24) is 35.3 Å². The molecule has 4 aromatic rings. The number of H-pyrrole nitrogens is 1. The molecule has 1 aliphatic carbocycles. The van der Waals surface area contributed by atoms with Crippen LogP contribution in [0.5, 0.6) is 0 Å². The number of carbonyl (C=O) groups excluding carboxylic acids is 1. The van der Waals surface area contributed by atoms with Gasteiger partial charge in [-0.3, -0.25) is 9.78 Å². The summed E-state index contributed by atoms with van der Waals surface area (Å²) in [6.45, 7) is 1.08. The van der Waals surface area contributed by atoms with E-state index in [9.17, 15) is 4.79 Å². The largest absolute Gasteiger partial charge is 0.351 e. The summed E-state index contributed by atoms with van der Waals surface area (Å²) in [6.07, 6.45) is 7.77. The van der Waals surface area contributed by atoms with Gasteiger partial charge in [0.25, 0.3) is 5.91 Å². The van der Waals surface area contributed by atoms with E-state index in [4.69, 9.17) is 4.98 Å². The van der Waals surface area contributed by atoms with Crippen LogP contribution in [-0.2, 0) is 25.8 Å². The van der Waals surface area contributed by atoms with Crippen LogP contribution in [0.15, 0.2) is 55.0 Å². The van der Waals surface area contributed by atoms with Gasteiger partial charge < -0.3 is 10.2 Å². The third kappa shape index (κ3) is 3.82. The molecule has 2 N–H and O–H groups in total. The average molecular weight is 438 g/mol. The molecule has 1 aliphatic heterocycles. The SMILES string of the molecule is O=C(c1ccc(-c2cn[nH]n2)cn1)N1CCc2nc(NC3Cc4ccccc4C3)ncc2C1. The Bertz CT molecular complexity index is 1280. The summed E-state index contributed by atoms with van der Waals surface area (Å²) < 4.78 is 0. The fourth-order valence-corrected chi connectivity index (χ4v) is 4.58. The Morgan fingerprint density at radius 3 is 2.58 bits per heavy atom. The van der Waals surface area contributed by atoms with Gasteiger partial charge >= 0.3 is 0 Å². The number of carbonyl (C=O) groups is 1. The molecular formula is C24H22N8O. The van der Waals surface area contributed by atoms with E-state index in [2.05, 4.69) is 55.0 Å². The molecule has 2 aliphatic rings. The van der Waals surface area contributed by atoms with Crippen LogP contribution in [0.1, 0.15) is 32.9 Å². The number of pyridine rings is 1. The second-order valence-electron chi connectivity index (χ2n) is 8.45. The second-order valence-corrected chi connectivity index (χ2v) is 8.45. The highest BCUT2D eigenvalue weighted by Gasteiger charge is 2.26. The minimum Gasteiger partial charge on any atom is -0.351 e. The first kappa shape index (κ1) is 19.5. The molecule has 9 nitrogen and oxygen atoms in total. The first-order valence-electron chi connectivity index (χ1n) is 11.0. The highest BCUT2D eigenvalue weighted by molar-refractivity contribution is 5.92. The Hall–Kier alpha value is -4.14. The lowest BCUT2D eigenvalue weighted by Crippen LogP contribution is -2.37. The van der Waals surface area contributed by atoms with Gasteiger partial charge in [0, 0.05) is 49.1 Å². The summed E-state index contributed by atoms with van der Waals surface area (Å²) in [5.74, 6) is 0.565. The van der Waals surface area contributed by atoms with Gasteiger partial charge in [0.2, 0.25) is 5.95 Å². The molecule has 0 saturated carbocycles. The van der Waals surface area contributed by atoms with Gasteiger partial charge in [-0.1, -0.05) is 24.3 Å². The van der Waals surface area contributed by atoms with Gasteiger partial charge in [-0.25, -0.2) is 9.97 Å². The van der Waals surface area contributed by atoms with E-state index in [0.29, 0.717) is 42.9 Å². The zero-order valence-corrected chi connectivity index (χ0v) is 17.9. The smallest absolute Gasteiger partial charge is 0.272 e. The number of hydrogen-bond acceptors (Lipinski definition) is 7. The average Bonchev–Trinajstić information content (AvgIpc) is 3.53. The maximum absolute atomic E-state index is 13.0. The van der Waals surface area contributed by atoms with Gasteiger partial charge in [-0.05, 0) is 36.1 Å². The third-order valence-corrected chi connectivity index (χ3v) is 6.30. The van der Waals surface area contributed by atoms with Gasteiger partial charge in [0.05, 0.1) is 11.9 Å². The Morgan fingerprint density at radius 1 is 1.00 bits per heavy atom. The van der Waals surface area contributed by atoms with Crippen LogP contribution in [0.2, 0.25) is 0 Å². The summed E-state index contributed by atoms with van der Waals surface area (Å²) in [7, 11) is 0. The predicted octanol–water partition coefficient (Wildman–Crippen LogP) is 2.43. The molecule has 3 aromatic heterocycles. The van der Waals surface area contributed by atoms with Crippen molar-refractivity contribution in [2.24, 2.45) is 0 Å². The van der Waals surface area contributed by atoms with Crippen LogP contribution in [0.4, 0.5) is 5.95 Å². The summed E-state index contributed by atoms with van der Waals surface area (Å²) in [4.78, 5) is 28.4. The van der Waals surface area contributed by atoms with Crippen molar-refractivity contribution in [3.63, 3.8) is 0 Å². The first-order valence-corrected chi connectivity index (χ1v) is 11.0. The monoisotopic (exact) mass is 438 g/mol. The molecule has 1 aromatic carbocycles. The highest BCUT2D eigenvalue weighted by atomic mass is 16.2. The lowest BCUT2D eigenvalue weighted by atomic mass is 10.1. The zero-order valence-electron chi connectivity index (χ0n) is 17.9. The maximum Gasteiger partial charge on any atom is 0.272 e. The van der Waals surface area contributed by atoms with Crippen molar-refractivity contribution in [3.8, 4) is 11.3 Å². The van der Waals surface area contributed by atoms with Crippen molar-refractivity contribution in [1.29, 1.82) is 0 Å². The Labute approximate surface area is 190 Å². The number of benzene rings is 1. The standard InChI is InChI=1S/C24H22N8O/c33-23(21-6-5-17(11-25-21)22-13-27-31-30-22)32-8-7-20-18(14-32)12-26-24(29-20)28-19-9-15-3-1-2-4-16(15)10-19/h1-6,11-13,19H,7-10,14H2,(H,26,28,29)(H,27,30,31). The third-order valence-electron chi connectivity index (χ3n) is 6.30. The lowest BCUT2D eigenvalue weighted by Gasteiger charge is -2.28. The summed E-state index contributed by atoms with van der Waals surface area (Å²) >= 11 is 0. The van der Waals surface area contributed by atoms with E-state index in [1.165, 1.54) is 11.1 Å². The molecule has 0 radical (unpaired) electrons. The number of nitrogens with zero attached hydrogens (tertiary/aromatic N) is 6. The summed E-state index contributed by atoms with van der Waals surface area (Å²) in [5, 5.41) is 13.9. The first-order chi connectivity index (χ1) is 16.2. The molecule has 33 heavy (non-hydrogen) atoms. The van der Waals surface area contributed by atoms with Crippen molar-refractivity contribution >= 4 is 11.9 Å². The van der Waals surface area contributed by atoms with Crippen molar-refractivity contribution in [2.75, 3.05) is 11.9 Å². The fourth-order valence-electron chi connectivity index (χ4n) is 4.58. The molecule has 1 amide bonds. The van der Waals surface area contributed by atoms with E-state index < -0.39 is 0 Å². The van der Waals surface area contributed by atoms with E-state index in [1.807, 2.05) is 12.3 Å². The van der Waals surface area contributed by atoms with Gasteiger partial charge in [-0.15, -0.1) is 0 Å². The fraction of sp³-hybridized carbons (Fsp3) is 0.250. The van der Waals surface area contributed by atoms with E-state index >= 15 is 0 Å². The minimum atomic E-state index is -0.0988. The number of anilines is 1. The van der Waals surface area contributed by atoms with Crippen LogP contribution < -0.4 is 5.32 Å². The molecule has 0 fully saturated rings. The predicted molar refractivity (Wildman–Crippen MR) is 121 cm³/mol. The number of nitrogens with one attached hydrogen (secondary N) is 2. The van der Waals surface area contributed by atoms with Gasteiger partial charge in [0.1, 0.15) is 11.4 Å². The maximum atomic E-state index is 13.0. The number of aromatic nitrogens is 6.